The molecule has 3 rings (SSSR count). The Hall–Kier alpha value is -3.13. The standard InChI is InChI=1S/C20H24N4O4/c1-23-8-10-24(11-9-23)20(26)14-6-7-21-17(12-14)19(25)22-16-13-15(27-2)4-5-18(16)28-3/h4-7,12-13H,8-11H2,1-3H3,(H,22,25). The molecule has 148 valence electrons. The Morgan fingerprint density at radius 3 is 2.46 bits per heavy atom. The molecule has 28 heavy (non-hydrogen) atoms. The highest BCUT2D eigenvalue weighted by Crippen LogP contribution is 2.29. The van der Waals surface area contributed by atoms with Gasteiger partial charge in [-0.15, -0.1) is 0 Å². The second-order valence-electron chi connectivity index (χ2n) is 6.55. The summed E-state index contributed by atoms with van der Waals surface area (Å²) in [7, 11) is 5.09. The highest BCUT2D eigenvalue weighted by atomic mass is 16.5. The van der Waals surface area contributed by atoms with Crippen LogP contribution in [0.1, 0.15) is 20.8 Å². The maximum atomic E-state index is 12.7. The Morgan fingerprint density at radius 2 is 1.79 bits per heavy atom. The van der Waals surface area contributed by atoms with Gasteiger partial charge in [0.05, 0.1) is 19.9 Å². The molecule has 0 unspecified atom stereocenters. The fourth-order valence-electron chi connectivity index (χ4n) is 2.98. The van der Waals surface area contributed by atoms with Gasteiger partial charge in [0.1, 0.15) is 17.2 Å². The number of anilines is 1. The zero-order valence-electron chi connectivity index (χ0n) is 16.3. The molecule has 0 radical (unpaired) electrons. The zero-order chi connectivity index (χ0) is 20.1. The maximum Gasteiger partial charge on any atom is 0.274 e. The van der Waals surface area contributed by atoms with Gasteiger partial charge < -0.3 is 24.6 Å². The summed E-state index contributed by atoms with van der Waals surface area (Å²) in [6.45, 7) is 3.00. The van der Waals surface area contributed by atoms with E-state index < -0.39 is 5.91 Å². The summed E-state index contributed by atoms with van der Waals surface area (Å²) in [5, 5.41) is 2.77. The van der Waals surface area contributed by atoms with Gasteiger partial charge >= 0.3 is 0 Å². The third-order valence-corrected chi connectivity index (χ3v) is 4.68. The SMILES string of the molecule is COc1ccc(OC)c(NC(=O)c2cc(C(=O)N3CCN(C)CC3)ccn2)c1. The van der Waals surface area contributed by atoms with Gasteiger partial charge in [0.2, 0.25) is 0 Å². The van der Waals surface area contributed by atoms with Crippen LogP contribution in [0.4, 0.5) is 5.69 Å². The molecule has 0 spiro atoms. The smallest absolute Gasteiger partial charge is 0.274 e. The van der Waals surface area contributed by atoms with Crippen LogP contribution < -0.4 is 14.8 Å². The van der Waals surface area contributed by atoms with E-state index >= 15 is 0 Å². The number of hydrogen-bond acceptors (Lipinski definition) is 6. The van der Waals surface area contributed by atoms with Crippen molar-refractivity contribution in [3.63, 3.8) is 0 Å². The molecule has 2 amide bonds. The number of amides is 2. The van der Waals surface area contributed by atoms with E-state index in [1.165, 1.54) is 19.4 Å². The molecule has 1 N–H and O–H groups in total. The van der Waals surface area contributed by atoms with E-state index in [1.807, 2.05) is 7.05 Å². The van der Waals surface area contributed by atoms with E-state index in [-0.39, 0.29) is 11.6 Å². The average Bonchev–Trinajstić information content (AvgIpc) is 2.73. The molecule has 8 heteroatoms. The fraction of sp³-hybridized carbons (Fsp3) is 0.350. The first kappa shape index (κ1) is 19.6. The number of carbonyl (C=O) groups excluding carboxylic acids is 2. The summed E-state index contributed by atoms with van der Waals surface area (Å²) in [6.07, 6.45) is 1.47. The third-order valence-electron chi connectivity index (χ3n) is 4.68. The number of piperazine rings is 1. The predicted octanol–water partition coefficient (Wildman–Crippen LogP) is 1.74. The number of carbonyl (C=O) groups is 2. The lowest BCUT2D eigenvalue weighted by atomic mass is 10.1. The van der Waals surface area contributed by atoms with E-state index in [0.29, 0.717) is 35.8 Å². The van der Waals surface area contributed by atoms with Crippen molar-refractivity contribution in [3.05, 3.63) is 47.8 Å². The van der Waals surface area contributed by atoms with Crippen LogP contribution >= 0.6 is 0 Å². The van der Waals surface area contributed by atoms with Crippen molar-refractivity contribution in [1.29, 1.82) is 0 Å². The monoisotopic (exact) mass is 384 g/mol. The van der Waals surface area contributed by atoms with Crippen molar-refractivity contribution < 1.29 is 19.1 Å². The second kappa shape index (κ2) is 8.71. The summed E-state index contributed by atoms with van der Waals surface area (Å²) in [6, 6.07) is 8.25. The van der Waals surface area contributed by atoms with E-state index in [9.17, 15) is 9.59 Å². The first-order valence-electron chi connectivity index (χ1n) is 8.99. The molecule has 0 atom stereocenters. The Balaban J connectivity index is 1.76. The molecule has 1 fully saturated rings. The van der Waals surface area contributed by atoms with Crippen molar-refractivity contribution in [1.82, 2.24) is 14.8 Å². The Kier molecular flexibility index (Phi) is 6.10. The lowest BCUT2D eigenvalue weighted by Crippen LogP contribution is -2.47. The molecule has 1 aliphatic rings. The molecule has 2 heterocycles. The zero-order valence-corrected chi connectivity index (χ0v) is 16.3. The van der Waals surface area contributed by atoms with Crippen LogP contribution in [0, 0.1) is 0 Å². The molecule has 0 saturated carbocycles. The summed E-state index contributed by atoms with van der Waals surface area (Å²) >= 11 is 0. The highest BCUT2D eigenvalue weighted by molar-refractivity contribution is 6.05. The molecule has 1 aromatic carbocycles. The van der Waals surface area contributed by atoms with Crippen LogP contribution in [-0.4, -0.2) is 74.0 Å². The molecular formula is C20H24N4O4. The Morgan fingerprint density at radius 1 is 1.04 bits per heavy atom. The summed E-state index contributed by atoms with van der Waals surface area (Å²) in [4.78, 5) is 33.5. The van der Waals surface area contributed by atoms with Crippen molar-refractivity contribution in [2.24, 2.45) is 0 Å². The highest BCUT2D eigenvalue weighted by Gasteiger charge is 2.21. The number of likely N-dealkylation sites (N-methyl/N-ethyl adjacent to an activating group) is 1. The van der Waals surface area contributed by atoms with E-state index in [4.69, 9.17) is 9.47 Å². The number of pyridine rings is 1. The largest absolute Gasteiger partial charge is 0.497 e. The lowest BCUT2D eigenvalue weighted by molar-refractivity contribution is 0.0664. The van der Waals surface area contributed by atoms with Gasteiger partial charge in [-0.05, 0) is 31.3 Å². The van der Waals surface area contributed by atoms with Gasteiger partial charge in [-0.1, -0.05) is 0 Å². The van der Waals surface area contributed by atoms with Gasteiger partial charge in [-0.3, -0.25) is 14.6 Å². The van der Waals surface area contributed by atoms with Crippen LogP contribution in [0.3, 0.4) is 0 Å². The van der Waals surface area contributed by atoms with Crippen molar-refractivity contribution in [2.45, 2.75) is 0 Å². The Labute approximate surface area is 164 Å². The van der Waals surface area contributed by atoms with Crippen molar-refractivity contribution in [3.8, 4) is 11.5 Å². The number of rotatable bonds is 5. The van der Waals surface area contributed by atoms with Crippen LogP contribution in [0.15, 0.2) is 36.5 Å². The van der Waals surface area contributed by atoms with Crippen molar-refractivity contribution >= 4 is 17.5 Å². The molecule has 8 nitrogen and oxygen atoms in total. The molecule has 1 aliphatic heterocycles. The van der Waals surface area contributed by atoms with E-state index in [0.717, 1.165) is 13.1 Å². The van der Waals surface area contributed by atoms with Gasteiger partial charge in [0, 0.05) is 44.0 Å². The predicted molar refractivity (Wildman–Crippen MR) is 105 cm³/mol. The molecule has 1 aromatic heterocycles. The van der Waals surface area contributed by atoms with Gasteiger partial charge in [-0.25, -0.2) is 0 Å². The van der Waals surface area contributed by atoms with Crippen LogP contribution in [-0.2, 0) is 0 Å². The fourth-order valence-corrected chi connectivity index (χ4v) is 2.98. The second-order valence-corrected chi connectivity index (χ2v) is 6.55. The summed E-state index contributed by atoms with van der Waals surface area (Å²) in [5.41, 5.74) is 1.07. The molecular weight excluding hydrogens is 360 g/mol. The first-order valence-corrected chi connectivity index (χ1v) is 8.99. The topological polar surface area (TPSA) is 84.0 Å². The lowest BCUT2D eigenvalue weighted by Gasteiger charge is -2.32. The van der Waals surface area contributed by atoms with Gasteiger partial charge in [0.15, 0.2) is 0 Å². The molecule has 1 saturated heterocycles. The normalized spacial score (nSPS) is 14.5. The number of ether oxygens (including phenoxy) is 2. The van der Waals surface area contributed by atoms with Gasteiger partial charge in [-0.2, -0.15) is 0 Å². The number of nitrogens with one attached hydrogen (secondary N) is 1. The molecule has 0 bridgehead atoms. The van der Waals surface area contributed by atoms with Crippen LogP contribution in [0.25, 0.3) is 0 Å². The summed E-state index contributed by atoms with van der Waals surface area (Å²) in [5.74, 6) is 0.560. The van der Waals surface area contributed by atoms with Crippen molar-refractivity contribution in [2.75, 3.05) is 52.8 Å². The van der Waals surface area contributed by atoms with E-state index in [2.05, 4.69) is 15.2 Å². The quantitative estimate of drug-likeness (QED) is 0.845. The first-order chi connectivity index (χ1) is 13.5. The third kappa shape index (κ3) is 4.40. The average molecular weight is 384 g/mol. The van der Waals surface area contributed by atoms with Crippen LogP contribution in [0.2, 0.25) is 0 Å². The van der Waals surface area contributed by atoms with E-state index in [1.54, 1.807) is 36.3 Å². The number of hydrogen-bond donors (Lipinski definition) is 1. The number of nitrogens with zero attached hydrogens (tertiary/aromatic N) is 3. The number of benzene rings is 1. The minimum Gasteiger partial charge on any atom is -0.497 e. The Bertz CT molecular complexity index is 863. The summed E-state index contributed by atoms with van der Waals surface area (Å²) < 4.78 is 10.5. The van der Waals surface area contributed by atoms with Crippen LogP contribution in [0.5, 0.6) is 11.5 Å². The number of methoxy groups -OCH3 is 2. The van der Waals surface area contributed by atoms with Gasteiger partial charge in [0.25, 0.3) is 11.8 Å². The number of aromatic nitrogens is 1. The minimum atomic E-state index is -0.431. The molecule has 2 aromatic rings. The molecule has 0 aliphatic carbocycles. The minimum absolute atomic E-state index is 0.0940. The maximum absolute atomic E-state index is 12.7.